The Morgan fingerprint density at radius 1 is 1.08 bits per heavy atom. The third kappa shape index (κ3) is 5.29. The number of hydrogen-bond acceptors (Lipinski definition) is 1. The van der Waals surface area contributed by atoms with Gasteiger partial charge in [0.25, 0.3) is 0 Å². The summed E-state index contributed by atoms with van der Waals surface area (Å²) in [5.41, 5.74) is 1.18. The SMILES string of the molecule is Cc1ccccc1[O][Ti+3].[Cl-].[Cl-].[Cl-]. The van der Waals surface area contributed by atoms with Crippen LogP contribution in [0.1, 0.15) is 5.56 Å². The summed E-state index contributed by atoms with van der Waals surface area (Å²) < 4.78 is 5.04. The molecular formula is C7H7Cl3OTi. The zero-order valence-corrected chi connectivity index (χ0v) is 10.2. The van der Waals surface area contributed by atoms with E-state index in [4.69, 9.17) is 3.32 Å². The van der Waals surface area contributed by atoms with Gasteiger partial charge in [0.1, 0.15) is 0 Å². The average molecular weight is 261 g/mol. The molecule has 0 saturated carbocycles. The molecule has 5 heteroatoms. The van der Waals surface area contributed by atoms with Gasteiger partial charge in [0.05, 0.1) is 0 Å². The first kappa shape index (κ1) is 18.4. The van der Waals surface area contributed by atoms with Crippen LogP contribution in [-0.4, -0.2) is 0 Å². The van der Waals surface area contributed by atoms with Gasteiger partial charge in [0.15, 0.2) is 0 Å². The van der Waals surface area contributed by atoms with Crippen molar-refractivity contribution in [3.63, 3.8) is 0 Å². The summed E-state index contributed by atoms with van der Waals surface area (Å²) in [5.74, 6) is 0.956. The van der Waals surface area contributed by atoms with Crippen LogP contribution < -0.4 is 40.5 Å². The second-order valence-corrected chi connectivity index (χ2v) is 2.19. The van der Waals surface area contributed by atoms with Crippen LogP contribution in [0.15, 0.2) is 24.3 Å². The van der Waals surface area contributed by atoms with Gasteiger partial charge in [-0.25, -0.2) is 0 Å². The van der Waals surface area contributed by atoms with Crippen molar-refractivity contribution in [1.82, 2.24) is 0 Å². The fourth-order valence-corrected chi connectivity index (χ4v) is 1.03. The second-order valence-electron chi connectivity index (χ2n) is 1.87. The van der Waals surface area contributed by atoms with Crippen molar-refractivity contribution in [2.45, 2.75) is 6.92 Å². The van der Waals surface area contributed by atoms with Crippen LogP contribution in [-0.2, 0) is 20.8 Å². The van der Waals surface area contributed by atoms with E-state index in [2.05, 4.69) is 0 Å². The van der Waals surface area contributed by atoms with Crippen molar-refractivity contribution < 1.29 is 61.4 Å². The van der Waals surface area contributed by atoms with Crippen LogP contribution in [0.5, 0.6) is 5.75 Å². The molecular weight excluding hydrogens is 254 g/mol. The fourth-order valence-electron chi connectivity index (χ4n) is 0.671. The Labute approximate surface area is 103 Å². The number of aryl methyl sites for hydroxylation is 1. The minimum atomic E-state index is 0. The summed E-state index contributed by atoms with van der Waals surface area (Å²) >= 11 is 1.68. The van der Waals surface area contributed by atoms with E-state index in [0.717, 1.165) is 5.75 Å². The van der Waals surface area contributed by atoms with Crippen LogP contribution in [0.25, 0.3) is 0 Å². The van der Waals surface area contributed by atoms with Crippen molar-refractivity contribution in [1.29, 1.82) is 0 Å². The first-order valence-corrected chi connectivity index (χ1v) is 3.37. The molecule has 66 valence electrons. The maximum Gasteiger partial charge on any atom is -1.00 e. The Balaban J connectivity index is -0.000000270. The van der Waals surface area contributed by atoms with Crippen LogP contribution in [0, 0.1) is 6.92 Å². The van der Waals surface area contributed by atoms with Gasteiger partial charge in [-0.15, -0.1) is 0 Å². The molecule has 1 rings (SSSR count). The van der Waals surface area contributed by atoms with Gasteiger partial charge in [-0.3, -0.25) is 0 Å². The number of para-hydroxylation sites is 1. The van der Waals surface area contributed by atoms with Crippen LogP contribution >= 0.6 is 0 Å². The molecule has 0 aliphatic rings. The summed E-state index contributed by atoms with van der Waals surface area (Å²) in [5, 5.41) is 0. The minimum absolute atomic E-state index is 0. The van der Waals surface area contributed by atoms with Gasteiger partial charge in [0, 0.05) is 0 Å². The van der Waals surface area contributed by atoms with Gasteiger partial charge >= 0.3 is 66.6 Å². The van der Waals surface area contributed by atoms with Gasteiger partial charge < -0.3 is 37.2 Å². The Morgan fingerprint density at radius 3 is 1.92 bits per heavy atom. The predicted octanol–water partition coefficient (Wildman–Crippen LogP) is -7.15. The zero-order chi connectivity index (χ0) is 6.69. The van der Waals surface area contributed by atoms with Gasteiger partial charge in [-0.2, -0.15) is 0 Å². The monoisotopic (exact) mass is 260 g/mol. The first-order chi connectivity index (χ1) is 4.34. The maximum atomic E-state index is 5.04. The van der Waals surface area contributed by atoms with Gasteiger partial charge in [-0.05, 0) is 0 Å². The molecule has 1 aromatic carbocycles. The third-order valence-electron chi connectivity index (χ3n) is 1.20. The van der Waals surface area contributed by atoms with E-state index in [1.54, 1.807) is 20.8 Å². The number of benzene rings is 1. The summed E-state index contributed by atoms with van der Waals surface area (Å²) in [6.45, 7) is 2.03. The number of halogens is 3. The van der Waals surface area contributed by atoms with E-state index >= 15 is 0 Å². The molecule has 0 saturated heterocycles. The summed E-state index contributed by atoms with van der Waals surface area (Å²) in [6.07, 6.45) is 0. The summed E-state index contributed by atoms with van der Waals surface area (Å²) in [4.78, 5) is 0. The van der Waals surface area contributed by atoms with Gasteiger partial charge in [0.2, 0.25) is 0 Å². The molecule has 0 aromatic heterocycles. The molecule has 0 radical (unpaired) electrons. The van der Waals surface area contributed by atoms with Crippen molar-refractivity contribution in [2.75, 3.05) is 0 Å². The largest absolute Gasteiger partial charge is 1.00 e. The normalized spacial score (nSPS) is 6.92. The Hall–Kier alpha value is 0.604. The average Bonchev–Trinajstić information content (AvgIpc) is 1.89. The summed E-state index contributed by atoms with van der Waals surface area (Å²) in [6, 6.07) is 7.94. The van der Waals surface area contributed by atoms with E-state index < -0.39 is 0 Å². The van der Waals surface area contributed by atoms with E-state index in [1.165, 1.54) is 5.56 Å². The molecule has 0 spiro atoms. The Morgan fingerprint density at radius 2 is 1.58 bits per heavy atom. The fraction of sp³-hybridized carbons (Fsp3) is 0.143. The Kier molecular flexibility index (Phi) is 14.9. The number of hydrogen-bond donors (Lipinski definition) is 0. The molecule has 1 aromatic rings. The van der Waals surface area contributed by atoms with E-state index in [-0.39, 0.29) is 37.2 Å². The molecule has 0 aliphatic carbocycles. The molecule has 0 fully saturated rings. The molecule has 1 nitrogen and oxygen atoms in total. The zero-order valence-electron chi connectivity index (χ0n) is 6.35. The molecule has 0 N–H and O–H groups in total. The minimum Gasteiger partial charge on any atom is -1.00 e. The molecule has 0 heterocycles. The molecule has 0 aliphatic heterocycles. The van der Waals surface area contributed by atoms with Crippen LogP contribution in [0.3, 0.4) is 0 Å². The molecule has 0 unspecified atom stereocenters. The van der Waals surface area contributed by atoms with Crippen molar-refractivity contribution >= 4 is 0 Å². The molecule has 12 heavy (non-hydrogen) atoms. The molecule has 0 amide bonds. The van der Waals surface area contributed by atoms with Crippen molar-refractivity contribution in [3.8, 4) is 5.75 Å². The quantitative estimate of drug-likeness (QED) is 0.457. The summed E-state index contributed by atoms with van der Waals surface area (Å²) in [7, 11) is 0. The molecule has 0 atom stereocenters. The van der Waals surface area contributed by atoms with Crippen molar-refractivity contribution in [2.24, 2.45) is 0 Å². The smallest absolute Gasteiger partial charge is 1.00 e. The maximum absolute atomic E-state index is 5.04. The van der Waals surface area contributed by atoms with E-state index in [0.29, 0.717) is 0 Å². The van der Waals surface area contributed by atoms with E-state index in [9.17, 15) is 0 Å². The van der Waals surface area contributed by atoms with Crippen molar-refractivity contribution in [3.05, 3.63) is 29.8 Å². The third-order valence-corrected chi connectivity index (χ3v) is 1.55. The number of rotatable bonds is 1. The van der Waals surface area contributed by atoms with Crippen LogP contribution in [0.4, 0.5) is 0 Å². The van der Waals surface area contributed by atoms with E-state index in [1.807, 2.05) is 31.2 Å². The van der Waals surface area contributed by atoms with Crippen LogP contribution in [0.2, 0.25) is 0 Å². The standard InChI is InChI=1S/C7H8O.3ClH.Ti/c1-6-4-2-3-5-7(6)8;;;;/h2-5,8H,1H3;3*1H;/q;;;;+4/p-4. The topological polar surface area (TPSA) is 9.23 Å². The first-order valence-electron chi connectivity index (χ1n) is 2.74. The Bertz CT molecular complexity index is 208. The second kappa shape index (κ2) is 9.69. The predicted molar refractivity (Wildman–Crippen MR) is 31.8 cm³/mol. The molecule has 0 bridgehead atoms. The van der Waals surface area contributed by atoms with Gasteiger partial charge in [-0.1, -0.05) is 0 Å².